The molecule has 0 saturated carbocycles. The number of fused-ring (bicyclic) bond motifs is 1. The molecule has 2 amide bonds. The number of rotatable bonds is 3. The molecule has 6 heteroatoms. The number of anilines is 1. The number of urea groups is 1. The second kappa shape index (κ2) is 7.67. The van der Waals surface area contributed by atoms with E-state index in [2.05, 4.69) is 5.32 Å². The average Bonchev–Trinajstić information content (AvgIpc) is 2.70. The molecule has 4 rings (SSSR count). The van der Waals surface area contributed by atoms with Gasteiger partial charge in [0, 0.05) is 22.7 Å². The Morgan fingerprint density at radius 1 is 0.929 bits per heavy atom. The van der Waals surface area contributed by atoms with Gasteiger partial charge in [-0.15, -0.1) is 11.6 Å². The highest BCUT2D eigenvalue weighted by Gasteiger charge is 2.30. The molecular formula is C22H17Cl3N2O. The third-order valence-electron chi connectivity index (χ3n) is 4.93. The largest absolute Gasteiger partial charge is 0.327 e. The lowest BCUT2D eigenvalue weighted by molar-refractivity contribution is 0.244. The molecule has 3 aromatic rings. The molecule has 28 heavy (non-hydrogen) atoms. The number of carbonyl (C=O) groups excluding carboxylic acids is 1. The van der Waals surface area contributed by atoms with Gasteiger partial charge in [0.05, 0.1) is 17.1 Å². The zero-order valence-electron chi connectivity index (χ0n) is 15.0. The highest BCUT2D eigenvalue weighted by Crippen LogP contribution is 2.39. The van der Waals surface area contributed by atoms with Crippen molar-refractivity contribution in [3.8, 4) is 0 Å². The van der Waals surface area contributed by atoms with Crippen molar-refractivity contribution in [2.24, 2.45) is 0 Å². The molecule has 0 aromatic heterocycles. The fourth-order valence-corrected chi connectivity index (χ4v) is 4.05. The zero-order chi connectivity index (χ0) is 19.8. The first-order chi connectivity index (χ1) is 13.4. The Morgan fingerprint density at radius 2 is 1.64 bits per heavy atom. The Labute approximate surface area is 178 Å². The van der Waals surface area contributed by atoms with E-state index < -0.39 is 0 Å². The molecule has 1 N–H and O–H groups in total. The summed E-state index contributed by atoms with van der Waals surface area (Å²) in [5.41, 5.74) is 4.64. The number of hydrogen-bond acceptors (Lipinski definition) is 1. The molecule has 0 radical (unpaired) electrons. The molecule has 1 heterocycles. The Bertz CT molecular complexity index is 1040. The number of nitrogens with zero attached hydrogens (tertiary/aromatic N) is 1. The molecule has 1 aliphatic heterocycles. The maximum absolute atomic E-state index is 12.4. The Hall–Kier alpha value is -2.20. The van der Waals surface area contributed by atoms with E-state index in [0.29, 0.717) is 10.0 Å². The van der Waals surface area contributed by atoms with Crippen LogP contribution in [0.25, 0.3) is 0 Å². The van der Waals surface area contributed by atoms with Gasteiger partial charge in [0.25, 0.3) is 0 Å². The fraction of sp³-hybridized carbons (Fsp3) is 0.136. The summed E-state index contributed by atoms with van der Waals surface area (Å²) in [4.78, 5) is 14.0. The molecule has 0 aliphatic carbocycles. The number of alkyl halides is 1. The lowest BCUT2D eigenvalue weighted by Gasteiger charge is -2.34. The van der Waals surface area contributed by atoms with Crippen molar-refractivity contribution in [2.45, 2.75) is 11.4 Å². The summed E-state index contributed by atoms with van der Waals surface area (Å²) in [5.74, 6) is 0. The zero-order valence-corrected chi connectivity index (χ0v) is 17.3. The number of carbonyl (C=O) groups is 1. The van der Waals surface area contributed by atoms with Gasteiger partial charge in [-0.25, -0.2) is 4.79 Å². The first-order valence-electron chi connectivity index (χ1n) is 8.77. The number of amides is 2. The topological polar surface area (TPSA) is 32.3 Å². The third kappa shape index (κ3) is 3.58. The number of nitrogens with one attached hydrogen (secondary N) is 1. The summed E-state index contributed by atoms with van der Waals surface area (Å²) in [6, 6.07) is 20.5. The molecule has 142 valence electrons. The van der Waals surface area contributed by atoms with E-state index >= 15 is 0 Å². The molecule has 3 aromatic carbocycles. The van der Waals surface area contributed by atoms with Crippen LogP contribution in [0.15, 0.2) is 66.7 Å². The van der Waals surface area contributed by atoms with Crippen LogP contribution in [0.4, 0.5) is 10.5 Å². The van der Waals surface area contributed by atoms with Gasteiger partial charge in [0.1, 0.15) is 0 Å². The average molecular weight is 432 g/mol. The first kappa shape index (κ1) is 19.1. The van der Waals surface area contributed by atoms with Gasteiger partial charge in [-0.05, 0) is 53.1 Å². The minimum atomic E-state index is -0.328. The molecule has 0 bridgehead atoms. The van der Waals surface area contributed by atoms with Gasteiger partial charge in [-0.1, -0.05) is 53.5 Å². The summed E-state index contributed by atoms with van der Waals surface area (Å²) in [7, 11) is 1.75. The third-order valence-corrected chi connectivity index (χ3v) is 5.92. The predicted octanol–water partition coefficient (Wildman–Crippen LogP) is 6.57. The Balaban J connectivity index is 1.79. The van der Waals surface area contributed by atoms with Gasteiger partial charge in [-0.3, -0.25) is 4.90 Å². The van der Waals surface area contributed by atoms with Crippen molar-refractivity contribution in [3.05, 3.63) is 99.0 Å². The molecular weight excluding hydrogens is 415 g/mol. The number of hydrogen-bond donors (Lipinski definition) is 1. The molecule has 1 aliphatic rings. The highest BCUT2D eigenvalue weighted by atomic mass is 35.5. The van der Waals surface area contributed by atoms with Gasteiger partial charge in [0.2, 0.25) is 0 Å². The summed E-state index contributed by atoms with van der Waals surface area (Å²) < 4.78 is 0. The first-order valence-corrected chi connectivity index (χ1v) is 9.96. The monoisotopic (exact) mass is 430 g/mol. The van der Waals surface area contributed by atoms with Gasteiger partial charge < -0.3 is 5.32 Å². The van der Waals surface area contributed by atoms with Crippen molar-refractivity contribution in [1.29, 1.82) is 0 Å². The van der Waals surface area contributed by atoms with Crippen LogP contribution in [-0.2, 0) is 0 Å². The van der Waals surface area contributed by atoms with E-state index in [4.69, 9.17) is 34.8 Å². The van der Waals surface area contributed by atoms with Crippen LogP contribution < -0.4 is 10.2 Å². The smallest absolute Gasteiger partial charge is 0.322 e. The second-order valence-electron chi connectivity index (χ2n) is 6.73. The minimum absolute atomic E-state index is 0.162. The van der Waals surface area contributed by atoms with Crippen molar-refractivity contribution < 1.29 is 4.79 Å². The molecule has 2 atom stereocenters. The van der Waals surface area contributed by atoms with E-state index in [9.17, 15) is 4.79 Å². The van der Waals surface area contributed by atoms with Crippen LogP contribution in [0.1, 0.15) is 33.7 Å². The summed E-state index contributed by atoms with van der Waals surface area (Å²) in [6.07, 6.45) is 0. The molecule has 3 nitrogen and oxygen atoms in total. The van der Waals surface area contributed by atoms with Gasteiger partial charge in [0.15, 0.2) is 0 Å². The van der Waals surface area contributed by atoms with Crippen LogP contribution >= 0.6 is 34.8 Å². The molecule has 0 spiro atoms. The van der Waals surface area contributed by atoms with E-state index in [1.807, 2.05) is 66.7 Å². The molecule has 2 unspecified atom stereocenters. The fourth-order valence-electron chi connectivity index (χ4n) is 3.45. The number of halogens is 3. The Kier molecular flexibility index (Phi) is 5.24. The van der Waals surface area contributed by atoms with Crippen LogP contribution in [0.3, 0.4) is 0 Å². The molecule has 0 fully saturated rings. The summed E-state index contributed by atoms with van der Waals surface area (Å²) >= 11 is 18.9. The minimum Gasteiger partial charge on any atom is -0.327 e. The maximum Gasteiger partial charge on any atom is 0.322 e. The quantitative estimate of drug-likeness (QED) is 0.467. The second-order valence-corrected chi connectivity index (χ2v) is 8.04. The van der Waals surface area contributed by atoms with Crippen molar-refractivity contribution in [1.82, 2.24) is 5.32 Å². The number of benzene rings is 3. The summed E-state index contributed by atoms with van der Waals surface area (Å²) in [5, 5.41) is 4.01. The van der Waals surface area contributed by atoms with Crippen LogP contribution in [0, 0.1) is 0 Å². The van der Waals surface area contributed by atoms with Gasteiger partial charge in [-0.2, -0.15) is 0 Å². The standard InChI is InChI=1S/C22H17Cl3N2O/c1-27-19-10-7-14(20(25)13-5-8-16(23)9-6-13)12-18(19)21(26-22(27)28)15-3-2-4-17(24)11-15/h2-12,20-21H,1H3,(H,26,28). The highest BCUT2D eigenvalue weighted by molar-refractivity contribution is 6.31. The van der Waals surface area contributed by atoms with E-state index in [0.717, 1.165) is 27.9 Å². The predicted molar refractivity (Wildman–Crippen MR) is 116 cm³/mol. The summed E-state index contributed by atoms with van der Waals surface area (Å²) in [6.45, 7) is 0. The van der Waals surface area contributed by atoms with Crippen molar-refractivity contribution in [3.63, 3.8) is 0 Å². The van der Waals surface area contributed by atoms with E-state index in [1.165, 1.54) is 0 Å². The normalized spacial score (nSPS) is 17.1. The lowest BCUT2D eigenvalue weighted by Crippen LogP contribution is -2.44. The maximum atomic E-state index is 12.4. The molecule has 0 saturated heterocycles. The van der Waals surface area contributed by atoms with Crippen molar-refractivity contribution >= 4 is 46.5 Å². The van der Waals surface area contributed by atoms with Gasteiger partial charge >= 0.3 is 6.03 Å². The Morgan fingerprint density at radius 3 is 2.36 bits per heavy atom. The lowest BCUT2D eigenvalue weighted by atomic mass is 9.92. The van der Waals surface area contributed by atoms with Crippen LogP contribution in [0.5, 0.6) is 0 Å². The van der Waals surface area contributed by atoms with Crippen LogP contribution in [-0.4, -0.2) is 13.1 Å². The van der Waals surface area contributed by atoms with E-state index in [1.54, 1.807) is 11.9 Å². The van der Waals surface area contributed by atoms with Crippen LogP contribution in [0.2, 0.25) is 10.0 Å². The SMILES string of the molecule is CN1C(=O)NC(c2cccc(Cl)c2)c2cc(C(Cl)c3ccc(Cl)cc3)ccc21. The van der Waals surface area contributed by atoms with E-state index in [-0.39, 0.29) is 17.5 Å². The van der Waals surface area contributed by atoms with Crippen molar-refractivity contribution in [2.75, 3.05) is 11.9 Å².